The Morgan fingerprint density at radius 1 is 1.47 bits per heavy atom. The van der Waals surface area contributed by atoms with Crippen molar-refractivity contribution in [1.29, 1.82) is 0 Å². The number of hydrogen-bond donors (Lipinski definition) is 3. The number of rotatable bonds is 4. The van der Waals surface area contributed by atoms with E-state index < -0.39 is 17.4 Å². The number of carbonyl (C=O) groups excluding carboxylic acids is 1. The molecule has 1 amide bonds. The zero-order valence-corrected chi connectivity index (χ0v) is 10.7. The molecule has 0 saturated carbocycles. The molecule has 1 saturated heterocycles. The first-order valence-corrected chi connectivity index (χ1v) is 6.06. The SMILES string of the molecule is CC(C)(C)[C@@H](NC(=O)CC1CCCN1)C(=O)O. The molecule has 1 fully saturated rings. The third-order valence-electron chi connectivity index (χ3n) is 3.01. The molecular weight excluding hydrogens is 220 g/mol. The van der Waals surface area contributed by atoms with Crippen molar-refractivity contribution in [3.63, 3.8) is 0 Å². The summed E-state index contributed by atoms with van der Waals surface area (Å²) >= 11 is 0. The summed E-state index contributed by atoms with van der Waals surface area (Å²) in [7, 11) is 0. The van der Waals surface area contributed by atoms with Crippen LogP contribution < -0.4 is 10.6 Å². The molecule has 0 spiro atoms. The van der Waals surface area contributed by atoms with Crippen molar-refractivity contribution in [2.24, 2.45) is 5.41 Å². The van der Waals surface area contributed by atoms with E-state index in [1.807, 2.05) is 0 Å². The highest BCUT2D eigenvalue weighted by atomic mass is 16.4. The van der Waals surface area contributed by atoms with Gasteiger partial charge in [-0.2, -0.15) is 0 Å². The largest absolute Gasteiger partial charge is 0.480 e. The van der Waals surface area contributed by atoms with Gasteiger partial charge in [0.1, 0.15) is 6.04 Å². The maximum absolute atomic E-state index is 11.7. The molecule has 1 heterocycles. The average molecular weight is 242 g/mol. The Morgan fingerprint density at radius 3 is 2.53 bits per heavy atom. The van der Waals surface area contributed by atoms with Gasteiger partial charge in [-0.25, -0.2) is 4.79 Å². The summed E-state index contributed by atoms with van der Waals surface area (Å²) in [4.78, 5) is 22.8. The van der Waals surface area contributed by atoms with Crippen LogP contribution in [-0.4, -0.2) is 35.6 Å². The van der Waals surface area contributed by atoms with Gasteiger partial charge in [-0.15, -0.1) is 0 Å². The van der Waals surface area contributed by atoms with E-state index in [0.717, 1.165) is 19.4 Å². The first-order valence-electron chi connectivity index (χ1n) is 6.06. The Kier molecular flexibility index (Phi) is 4.51. The molecule has 5 nitrogen and oxygen atoms in total. The number of amides is 1. The molecule has 0 radical (unpaired) electrons. The van der Waals surface area contributed by atoms with Crippen LogP contribution in [0.4, 0.5) is 0 Å². The molecule has 1 rings (SSSR count). The van der Waals surface area contributed by atoms with Gasteiger partial charge in [0.05, 0.1) is 0 Å². The Balaban J connectivity index is 2.49. The Morgan fingerprint density at radius 2 is 2.12 bits per heavy atom. The molecular formula is C12H22N2O3. The highest BCUT2D eigenvalue weighted by molar-refractivity contribution is 5.84. The molecule has 17 heavy (non-hydrogen) atoms. The molecule has 5 heteroatoms. The molecule has 1 aliphatic rings. The Labute approximate surface area is 102 Å². The summed E-state index contributed by atoms with van der Waals surface area (Å²) in [6.07, 6.45) is 2.43. The van der Waals surface area contributed by atoms with Crippen molar-refractivity contribution in [3.05, 3.63) is 0 Å². The van der Waals surface area contributed by atoms with E-state index in [0.29, 0.717) is 6.42 Å². The third kappa shape index (κ3) is 4.34. The molecule has 0 aliphatic carbocycles. The zero-order chi connectivity index (χ0) is 13.1. The van der Waals surface area contributed by atoms with Crippen LogP contribution in [0.5, 0.6) is 0 Å². The molecule has 1 unspecified atom stereocenters. The van der Waals surface area contributed by atoms with Crippen LogP contribution in [0.25, 0.3) is 0 Å². The fraction of sp³-hybridized carbons (Fsp3) is 0.833. The summed E-state index contributed by atoms with van der Waals surface area (Å²) in [5.74, 6) is -1.17. The lowest BCUT2D eigenvalue weighted by molar-refractivity contribution is -0.145. The summed E-state index contributed by atoms with van der Waals surface area (Å²) in [5, 5.41) is 14.9. The fourth-order valence-electron chi connectivity index (χ4n) is 2.02. The van der Waals surface area contributed by atoms with E-state index in [9.17, 15) is 9.59 Å². The summed E-state index contributed by atoms with van der Waals surface area (Å²) in [6.45, 7) is 6.36. The zero-order valence-electron chi connectivity index (χ0n) is 10.7. The average Bonchev–Trinajstić information content (AvgIpc) is 2.64. The van der Waals surface area contributed by atoms with E-state index >= 15 is 0 Å². The van der Waals surface area contributed by atoms with E-state index in [1.54, 1.807) is 20.8 Å². The first-order chi connectivity index (χ1) is 7.80. The minimum atomic E-state index is -0.981. The minimum Gasteiger partial charge on any atom is -0.480 e. The van der Waals surface area contributed by atoms with Crippen molar-refractivity contribution in [2.75, 3.05) is 6.54 Å². The molecule has 3 N–H and O–H groups in total. The van der Waals surface area contributed by atoms with Crippen LogP contribution in [0, 0.1) is 5.41 Å². The van der Waals surface area contributed by atoms with E-state index in [4.69, 9.17) is 5.11 Å². The number of carboxylic acids is 1. The second-order valence-corrected chi connectivity index (χ2v) is 5.70. The standard InChI is InChI=1S/C12H22N2O3/c1-12(2,3)10(11(16)17)14-9(15)7-8-5-4-6-13-8/h8,10,13H,4-7H2,1-3H3,(H,14,15)(H,16,17)/t8?,10-/m0/s1. The molecule has 2 atom stereocenters. The predicted octanol–water partition coefficient (Wildman–Crippen LogP) is 0.744. The normalized spacial score (nSPS) is 22.2. The van der Waals surface area contributed by atoms with Gasteiger partial charge >= 0.3 is 5.97 Å². The van der Waals surface area contributed by atoms with Gasteiger partial charge in [0.2, 0.25) is 5.91 Å². The lowest BCUT2D eigenvalue weighted by atomic mass is 9.86. The molecule has 1 aliphatic heterocycles. The molecule has 0 bridgehead atoms. The van der Waals surface area contributed by atoms with Crippen molar-refractivity contribution >= 4 is 11.9 Å². The monoisotopic (exact) mass is 242 g/mol. The molecule has 0 aromatic heterocycles. The topological polar surface area (TPSA) is 78.4 Å². The number of aliphatic carboxylic acids is 1. The second kappa shape index (κ2) is 5.49. The predicted molar refractivity (Wildman–Crippen MR) is 64.7 cm³/mol. The highest BCUT2D eigenvalue weighted by Crippen LogP contribution is 2.20. The Bertz CT molecular complexity index is 291. The first kappa shape index (κ1) is 14.0. The fourth-order valence-corrected chi connectivity index (χ4v) is 2.02. The number of carboxylic acid groups (broad SMARTS) is 1. The minimum absolute atomic E-state index is 0.188. The van der Waals surface area contributed by atoms with Crippen LogP contribution in [0.3, 0.4) is 0 Å². The van der Waals surface area contributed by atoms with Crippen molar-refractivity contribution in [3.8, 4) is 0 Å². The lowest BCUT2D eigenvalue weighted by Crippen LogP contribution is -2.50. The van der Waals surface area contributed by atoms with Crippen LogP contribution in [-0.2, 0) is 9.59 Å². The van der Waals surface area contributed by atoms with Gasteiger partial charge in [0.25, 0.3) is 0 Å². The van der Waals surface area contributed by atoms with Gasteiger partial charge in [-0.3, -0.25) is 4.79 Å². The summed E-state index contributed by atoms with van der Waals surface area (Å²) < 4.78 is 0. The van der Waals surface area contributed by atoms with E-state index in [1.165, 1.54) is 0 Å². The van der Waals surface area contributed by atoms with Crippen LogP contribution in [0.2, 0.25) is 0 Å². The van der Waals surface area contributed by atoms with Crippen molar-refractivity contribution in [1.82, 2.24) is 10.6 Å². The van der Waals surface area contributed by atoms with Crippen LogP contribution in [0.15, 0.2) is 0 Å². The van der Waals surface area contributed by atoms with Crippen molar-refractivity contribution in [2.45, 2.75) is 52.1 Å². The van der Waals surface area contributed by atoms with Crippen LogP contribution in [0.1, 0.15) is 40.0 Å². The molecule has 0 aromatic carbocycles. The van der Waals surface area contributed by atoms with Gasteiger partial charge in [0, 0.05) is 12.5 Å². The molecule has 98 valence electrons. The van der Waals surface area contributed by atoms with Gasteiger partial charge in [0.15, 0.2) is 0 Å². The number of hydrogen-bond acceptors (Lipinski definition) is 3. The summed E-state index contributed by atoms with van der Waals surface area (Å²) in [6, 6.07) is -0.638. The maximum Gasteiger partial charge on any atom is 0.326 e. The second-order valence-electron chi connectivity index (χ2n) is 5.70. The maximum atomic E-state index is 11.7. The van der Waals surface area contributed by atoms with Gasteiger partial charge < -0.3 is 15.7 Å². The van der Waals surface area contributed by atoms with Crippen molar-refractivity contribution < 1.29 is 14.7 Å². The molecule has 0 aromatic rings. The van der Waals surface area contributed by atoms with E-state index in [2.05, 4.69) is 10.6 Å². The number of nitrogens with one attached hydrogen (secondary N) is 2. The lowest BCUT2D eigenvalue weighted by Gasteiger charge is -2.28. The highest BCUT2D eigenvalue weighted by Gasteiger charge is 2.33. The van der Waals surface area contributed by atoms with E-state index in [-0.39, 0.29) is 11.9 Å². The smallest absolute Gasteiger partial charge is 0.326 e. The van der Waals surface area contributed by atoms with Gasteiger partial charge in [-0.05, 0) is 24.8 Å². The third-order valence-corrected chi connectivity index (χ3v) is 3.01. The quantitative estimate of drug-likeness (QED) is 0.679. The van der Waals surface area contributed by atoms with Crippen LogP contribution >= 0.6 is 0 Å². The van der Waals surface area contributed by atoms with Gasteiger partial charge in [-0.1, -0.05) is 20.8 Å². The summed E-state index contributed by atoms with van der Waals surface area (Å²) in [5.41, 5.74) is -0.482. The Hall–Kier alpha value is -1.10. The number of carbonyl (C=O) groups is 2.